The van der Waals surface area contributed by atoms with Gasteiger partial charge in [-0.15, -0.1) is 0 Å². The van der Waals surface area contributed by atoms with Gasteiger partial charge in [-0.3, -0.25) is 4.79 Å². The van der Waals surface area contributed by atoms with Crippen LogP contribution in [-0.2, 0) is 11.3 Å². The van der Waals surface area contributed by atoms with Gasteiger partial charge < -0.3 is 15.1 Å². The molecule has 0 saturated heterocycles. The zero-order chi connectivity index (χ0) is 12.8. The molecule has 0 aliphatic carbocycles. The van der Waals surface area contributed by atoms with Gasteiger partial charge in [-0.1, -0.05) is 11.6 Å². The summed E-state index contributed by atoms with van der Waals surface area (Å²) in [5, 5.41) is 6.39. The topological polar surface area (TPSA) is 54.3 Å². The predicted molar refractivity (Wildman–Crippen MR) is 70.5 cm³/mol. The molecule has 4 nitrogen and oxygen atoms in total. The number of halogens is 1. The first-order chi connectivity index (χ1) is 8.74. The summed E-state index contributed by atoms with van der Waals surface area (Å²) in [6.07, 6.45) is 1.60. The van der Waals surface area contributed by atoms with Gasteiger partial charge >= 0.3 is 0 Å². The van der Waals surface area contributed by atoms with Crippen LogP contribution in [0.5, 0.6) is 0 Å². The summed E-state index contributed by atoms with van der Waals surface area (Å²) in [5.41, 5.74) is 0.726. The van der Waals surface area contributed by atoms with Crippen molar-refractivity contribution < 1.29 is 9.21 Å². The van der Waals surface area contributed by atoms with Gasteiger partial charge in [0.2, 0.25) is 5.91 Å². The number of anilines is 1. The van der Waals surface area contributed by atoms with Crippen LogP contribution in [-0.4, -0.2) is 12.5 Å². The van der Waals surface area contributed by atoms with Gasteiger partial charge in [0.1, 0.15) is 5.76 Å². The standard InChI is InChI=1S/C13H13ClN2O2/c14-10-3-5-11(6-4-10)16-13(17)9-15-8-12-2-1-7-18-12/h1-7,15H,8-9H2,(H,16,17). The maximum Gasteiger partial charge on any atom is 0.238 e. The monoisotopic (exact) mass is 264 g/mol. The number of amides is 1. The molecule has 0 bridgehead atoms. The molecule has 0 fully saturated rings. The molecule has 0 atom stereocenters. The quantitative estimate of drug-likeness (QED) is 0.873. The van der Waals surface area contributed by atoms with Gasteiger partial charge in [0.15, 0.2) is 0 Å². The third-order valence-electron chi connectivity index (χ3n) is 2.29. The van der Waals surface area contributed by atoms with E-state index in [1.165, 1.54) is 0 Å². The molecule has 0 radical (unpaired) electrons. The largest absolute Gasteiger partial charge is 0.468 e. The van der Waals surface area contributed by atoms with E-state index >= 15 is 0 Å². The fraction of sp³-hybridized carbons (Fsp3) is 0.154. The van der Waals surface area contributed by atoms with Crippen molar-refractivity contribution in [1.29, 1.82) is 0 Å². The summed E-state index contributed by atoms with van der Waals surface area (Å²) in [6.45, 7) is 0.754. The number of carbonyl (C=O) groups is 1. The fourth-order valence-electron chi connectivity index (χ4n) is 1.45. The van der Waals surface area contributed by atoms with Crippen LogP contribution in [0.25, 0.3) is 0 Å². The Labute approximate surface area is 110 Å². The lowest BCUT2D eigenvalue weighted by Crippen LogP contribution is -2.27. The molecule has 0 aliphatic heterocycles. The number of rotatable bonds is 5. The maximum atomic E-state index is 11.6. The summed E-state index contributed by atoms with van der Waals surface area (Å²) < 4.78 is 5.14. The van der Waals surface area contributed by atoms with Gasteiger partial charge in [0.25, 0.3) is 0 Å². The SMILES string of the molecule is O=C(CNCc1ccco1)Nc1ccc(Cl)cc1. The Morgan fingerprint density at radius 2 is 2.00 bits per heavy atom. The number of nitrogens with one attached hydrogen (secondary N) is 2. The molecule has 1 aromatic heterocycles. The molecule has 5 heteroatoms. The molecule has 0 aliphatic rings. The summed E-state index contributed by atoms with van der Waals surface area (Å²) in [6, 6.07) is 10.6. The van der Waals surface area contributed by atoms with Crippen LogP contribution in [0.2, 0.25) is 5.02 Å². The highest BCUT2D eigenvalue weighted by atomic mass is 35.5. The Morgan fingerprint density at radius 1 is 1.22 bits per heavy atom. The van der Waals surface area contributed by atoms with E-state index in [4.69, 9.17) is 16.0 Å². The molecule has 1 amide bonds. The average Bonchev–Trinajstić information content (AvgIpc) is 2.85. The minimum Gasteiger partial charge on any atom is -0.468 e. The molecule has 2 rings (SSSR count). The van der Waals surface area contributed by atoms with Crippen molar-refractivity contribution >= 4 is 23.2 Å². The van der Waals surface area contributed by atoms with E-state index in [9.17, 15) is 4.79 Å². The lowest BCUT2D eigenvalue weighted by Gasteiger charge is -2.05. The lowest BCUT2D eigenvalue weighted by atomic mass is 10.3. The number of carbonyl (C=O) groups excluding carboxylic acids is 1. The highest BCUT2D eigenvalue weighted by molar-refractivity contribution is 6.30. The summed E-state index contributed by atoms with van der Waals surface area (Å²) in [5.74, 6) is 0.693. The average molecular weight is 265 g/mol. The molecule has 0 saturated carbocycles. The van der Waals surface area contributed by atoms with Crippen molar-refractivity contribution in [3.8, 4) is 0 Å². The van der Waals surface area contributed by atoms with Crippen LogP contribution in [0.4, 0.5) is 5.69 Å². The van der Waals surface area contributed by atoms with Gasteiger partial charge in [0.05, 0.1) is 19.4 Å². The summed E-state index contributed by atoms with van der Waals surface area (Å²) in [7, 11) is 0. The Hall–Kier alpha value is -1.78. The third kappa shape index (κ3) is 3.91. The minimum absolute atomic E-state index is 0.108. The lowest BCUT2D eigenvalue weighted by molar-refractivity contribution is -0.115. The van der Waals surface area contributed by atoms with E-state index in [1.54, 1.807) is 30.5 Å². The molecule has 1 heterocycles. The number of hydrogen-bond acceptors (Lipinski definition) is 3. The van der Waals surface area contributed by atoms with Crippen molar-refractivity contribution in [2.75, 3.05) is 11.9 Å². The molecule has 2 N–H and O–H groups in total. The summed E-state index contributed by atoms with van der Waals surface area (Å²) in [4.78, 5) is 11.6. The zero-order valence-corrected chi connectivity index (χ0v) is 10.4. The Bertz CT molecular complexity index is 494. The van der Waals surface area contributed by atoms with Crippen LogP contribution >= 0.6 is 11.6 Å². The van der Waals surface area contributed by atoms with Crippen molar-refractivity contribution in [3.63, 3.8) is 0 Å². The maximum absolute atomic E-state index is 11.6. The van der Waals surface area contributed by atoms with Crippen molar-refractivity contribution in [2.45, 2.75) is 6.54 Å². The second-order valence-electron chi connectivity index (χ2n) is 3.74. The van der Waals surface area contributed by atoms with Crippen LogP contribution in [0.15, 0.2) is 47.1 Å². The van der Waals surface area contributed by atoms with Crippen LogP contribution in [0.1, 0.15) is 5.76 Å². The number of benzene rings is 1. The third-order valence-corrected chi connectivity index (χ3v) is 2.54. The smallest absolute Gasteiger partial charge is 0.238 e. The Balaban J connectivity index is 1.73. The number of hydrogen-bond donors (Lipinski definition) is 2. The molecule has 1 aromatic carbocycles. The molecule has 2 aromatic rings. The number of furan rings is 1. The van der Waals surface area contributed by atoms with Gasteiger partial charge in [-0.05, 0) is 36.4 Å². The highest BCUT2D eigenvalue weighted by Gasteiger charge is 2.02. The van der Waals surface area contributed by atoms with E-state index in [1.807, 2.05) is 12.1 Å². The Kier molecular flexibility index (Phi) is 4.39. The molecule has 18 heavy (non-hydrogen) atoms. The fourth-order valence-corrected chi connectivity index (χ4v) is 1.58. The second kappa shape index (κ2) is 6.23. The normalized spacial score (nSPS) is 10.3. The first-order valence-corrected chi connectivity index (χ1v) is 5.90. The molecular formula is C13H13ClN2O2. The van der Waals surface area contributed by atoms with Crippen molar-refractivity contribution in [1.82, 2.24) is 5.32 Å². The molecule has 94 valence electrons. The van der Waals surface area contributed by atoms with E-state index in [-0.39, 0.29) is 12.5 Å². The molecule has 0 unspecified atom stereocenters. The van der Waals surface area contributed by atoms with Crippen LogP contribution in [0, 0.1) is 0 Å². The molecule has 0 spiro atoms. The van der Waals surface area contributed by atoms with Crippen LogP contribution < -0.4 is 10.6 Å². The second-order valence-corrected chi connectivity index (χ2v) is 4.17. The summed E-state index contributed by atoms with van der Waals surface area (Å²) >= 11 is 5.75. The highest BCUT2D eigenvalue weighted by Crippen LogP contribution is 2.12. The van der Waals surface area contributed by atoms with E-state index in [2.05, 4.69) is 10.6 Å². The predicted octanol–water partition coefficient (Wildman–Crippen LogP) is 2.66. The van der Waals surface area contributed by atoms with Crippen LogP contribution in [0.3, 0.4) is 0 Å². The van der Waals surface area contributed by atoms with Gasteiger partial charge in [-0.25, -0.2) is 0 Å². The van der Waals surface area contributed by atoms with Crippen molar-refractivity contribution in [2.24, 2.45) is 0 Å². The Morgan fingerprint density at radius 3 is 2.67 bits per heavy atom. The first-order valence-electron chi connectivity index (χ1n) is 5.52. The van der Waals surface area contributed by atoms with E-state index < -0.39 is 0 Å². The van der Waals surface area contributed by atoms with Crippen molar-refractivity contribution in [3.05, 3.63) is 53.4 Å². The van der Waals surface area contributed by atoms with E-state index in [0.717, 1.165) is 11.4 Å². The molecular weight excluding hydrogens is 252 g/mol. The zero-order valence-electron chi connectivity index (χ0n) is 9.65. The minimum atomic E-state index is -0.108. The van der Waals surface area contributed by atoms with Gasteiger partial charge in [-0.2, -0.15) is 0 Å². The van der Waals surface area contributed by atoms with Gasteiger partial charge in [0, 0.05) is 10.7 Å². The van der Waals surface area contributed by atoms with E-state index in [0.29, 0.717) is 11.6 Å². The first kappa shape index (κ1) is 12.7.